The number of hydrogen-bond donors (Lipinski definition) is 2. The molecule has 1 aromatic heterocycles. The van der Waals surface area contributed by atoms with Crippen LogP contribution in [0.3, 0.4) is 0 Å². The Morgan fingerprint density at radius 3 is 2.65 bits per heavy atom. The van der Waals surface area contributed by atoms with Crippen molar-refractivity contribution in [2.45, 2.75) is 13.0 Å². The van der Waals surface area contributed by atoms with Crippen molar-refractivity contribution in [2.75, 3.05) is 13.2 Å². The van der Waals surface area contributed by atoms with Gasteiger partial charge in [-0.15, -0.1) is 0 Å². The van der Waals surface area contributed by atoms with Crippen LogP contribution in [0, 0.1) is 11.8 Å². The molecule has 0 aliphatic carbocycles. The van der Waals surface area contributed by atoms with Crippen LogP contribution in [0.4, 0.5) is 0 Å². The minimum absolute atomic E-state index is 0.150. The van der Waals surface area contributed by atoms with Gasteiger partial charge in [-0.05, 0) is 29.9 Å². The number of benzene rings is 1. The Bertz CT molecular complexity index is 532. The van der Waals surface area contributed by atoms with E-state index in [1.54, 1.807) is 0 Å². The molecule has 0 bridgehead atoms. The number of hydrogen-bond acceptors (Lipinski definition) is 2. The van der Waals surface area contributed by atoms with Crippen molar-refractivity contribution >= 4 is 10.9 Å². The molecule has 90 valence electrons. The van der Waals surface area contributed by atoms with Gasteiger partial charge in [-0.3, -0.25) is 0 Å². The minimum atomic E-state index is 0.150. The predicted octanol–water partition coefficient (Wildman–Crippen LogP) is 1.41. The summed E-state index contributed by atoms with van der Waals surface area (Å²) >= 11 is 0. The fourth-order valence-corrected chi connectivity index (χ4v) is 2.89. The van der Waals surface area contributed by atoms with Crippen molar-refractivity contribution in [3.8, 4) is 0 Å². The molecular formula is C14H17NO2. The van der Waals surface area contributed by atoms with E-state index in [2.05, 4.69) is 22.8 Å². The predicted molar refractivity (Wildman–Crippen MR) is 66.8 cm³/mol. The first-order chi connectivity index (χ1) is 8.33. The lowest BCUT2D eigenvalue weighted by Gasteiger charge is -2.31. The van der Waals surface area contributed by atoms with Crippen LogP contribution in [0.25, 0.3) is 10.9 Å². The van der Waals surface area contributed by atoms with Crippen LogP contribution in [-0.4, -0.2) is 28.0 Å². The number of fused-ring (bicyclic) bond motifs is 3. The highest BCUT2D eigenvalue weighted by Gasteiger charge is 2.28. The molecule has 1 aliphatic rings. The second-order valence-electron chi connectivity index (χ2n) is 4.89. The zero-order valence-corrected chi connectivity index (χ0v) is 9.71. The smallest absolute Gasteiger partial charge is 0.0482 e. The number of aromatic nitrogens is 1. The molecule has 0 spiro atoms. The lowest BCUT2D eigenvalue weighted by atomic mass is 9.86. The third kappa shape index (κ3) is 1.66. The molecule has 0 unspecified atom stereocenters. The fourth-order valence-electron chi connectivity index (χ4n) is 2.89. The van der Waals surface area contributed by atoms with Crippen LogP contribution in [-0.2, 0) is 13.0 Å². The Kier molecular flexibility index (Phi) is 2.65. The van der Waals surface area contributed by atoms with Gasteiger partial charge in [0.2, 0.25) is 0 Å². The monoisotopic (exact) mass is 231 g/mol. The van der Waals surface area contributed by atoms with Crippen LogP contribution in [0.15, 0.2) is 30.3 Å². The zero-order valence-electron chi connectivity index (χ0n) is 9.71. The van der Waals surface area contributed by atoms with Gasteiger partial charge in [0.05, 0.1) is 0 Å². The summed E-state index contributed by atoms with van der Waals surface area (Å²) < 4.78 is 2.28. The van der Waals surface area contributed by atoms with Crippen LogP contribution in [0.1, 0.15) is 5.69 Å². The van der Waals surface area contributed by atoms with E-state index in [9.17, 15) is 10.2 Å². The van der Waals surface area contributed by atoms with Crippen LogP contribution >= 0.6 is 0 Å². The van der Waals surface area contributed by atoms with E-state index in [0.717, 1.165) is 13.0 Å². The quantitative estimate of drug-likeness (QED) is 0.821. The van der Waals surface area contributed by atoms with Gasteiger partial charge in [0.25, 0.3) is 0 Å². The summed E-state index contributed by atoms with van der Waals surface area (Å²) in [4.78, 5) is 0. The second kappa shape index (κ2) is 4.17. The Balaban J connectivity index is 2.08. The molecule has 3 rings (SSSR count). The summed E-state index contributed by atoms with van der Waals surface area (Å²) in [5.74, 6) is 0.361. The standard InChI is InChI=1S/C14H17NO2/c16-8-11-6-13-5-10-3-1-2-4-14(10)15(13)7-12(11)9-17/h1-5,11-12,16-17H,6-9H2/t11-,12-/m1/s1. The molecule has 2 N–H and O–H groups in total. The molecule has 0 radical (unpaired) electrons. The highest BCUT2D eigenvalue weighted by Crippen LogP contribution is 2.30. The molecule has 0 amide bonds. The molecule has 17 heavy (non-hydrogen) atoms. The minimum Gasteiger partial charge on any atom is -0.396 e. The molecule has 2 atom stereocenters. The van der Waals surface area contributed by atoms with Crippen molar-refractivity contribution in [1.82, 2.24) is 4.57 Å². The Morgan fingerprint density at radius 2 is 1.88 bits per heavy atom. The average Bonchev–Trinajstić information content (AvgIpc) is 2.74. The zero-order chi connectivity index (χ0) is 11.8. The van der Waals surface area contributed by atoms with Crippen molar-refractivity contribution in [3.63, 3.8) is 0 Å². The van der Waals surface area contributed by atoms with Crippen molar-refractivity contribution < 1.29 is 10.2 Å². The molecule has 2 aromatic rings. The fraction of sp³-hybridized carbons (Fsp3) is 0.429. The van der Waals surface area contributed by atoms with Crippen molar-refractivity contribution in [3.05, 3.63) is 36.0 Å². The maximum atomic E-state index is 9.40. The number of para-hydroxylation sites is 1. The van der Waals surface area contributed by atoms with Crippen LogP contribution < -0.4 is 0 Å². The lowest BCUT2D eigenvalue weighted by Crippen LogP contribution is -2.33. The van der Waals surface area contributed by atoms with Gasteiger partial charge in [-0.1, -0.05) is 18.2 Å². The molecule has 3 heteroatoms. The van der Waals surface area contributed by atoms with E-state index in [-0.39, 0.29) is 25.0 Å². The first-order valence-electron chi connectivity index (χ1n) is 6.12. The van der Waals surface area contributed by atoms with Crippen LogP contribution in [0.2, 0.25) is 0 Å². The summed E-state index contributed by atoms with van der Waals surface area (Å²) in [6.45, 7) is 1.12. The first-order valence-corrected chi connectivity index (χ1v) is 6.12. The second-order valence-corrected chi connectivity index (χ2v) is 4.89. The molecule has 0 saturated heterocycles. The Morgan fingerprint density at radius 1 is 1.12 bits per heavy atom. The number of aliphatic hydroxyl groups excluding tert-OH is 2. The maximum absolute atomic E-state index is 9.40. The molecule has 0 fully saturated rings. The topological polar surface area (TPSA) is 45.4 Å². The number of nitrogens with zero attached hydrogens (tertiary/aromatic N) is 1. The van der Waals surface area contributed by atoms with Gasteiger partial charge in [-0.25, -0.2) is 0 Å². The van der Waals surface area contributed by atoms with E-state index in [1.807, 2.05) is 12.1 Å². The SMILES string of the molecule is OC[C@H]1Cc2cc3ccccc3n2C[C@@H]1CO. The van der Waals surface area contributed by atoms with E-state index in [4.69, 9.17) is 0 Å². The third-order valence-electron chi connectivity index (χ3n) is 3.92. The van der Waals surface area contributed by atoms with Gasteiger partial charge in [0, 0.05) is 36.9 Å². The summed E-state index contributed by atoms with van der Waals surface area (Å²) in [6, 6.07) is 10.5. The normalized spacial score (nSPS) is 23.9. The molecule has 1 aromatic carbocycles. The van der Waals surface area contributed by atoms with Crippen molar-refractivity contribution in [2.24, 2.45) is 11.8 Å². The summed E-state index contributed by atoms with van der Waals surface area (Å²) in [7, 11) is 0. The lowest BCUT2D eigenvalue weighted by molar-refractivity contribution is 0.0950. The largest absolute Gasteiger partial charge is 0.396 e. The summed E-state index contributed by atoms with van der Waals surface area (Å²) in [5, 5.41) is 20.0. The first kappa shape index (κ1) is 10.8. The van der Waals surface area contributed by atoms with E-state index in [1.165, 1.54) is 16.6 Å². The highest BCUT2D eigenvalue weighted by atomic mass is 16.3. The average molecular weight is 231 g/mol. The molecular weight excluding hydrogens is 214 g/mol. The van der Waals surface area contributed by atoms with E-state index >= 15 is 0 Å². The summed E-state index contributed by atoms with van der Waals surface area (Å²) in [6.07, 6.45) is 0.858. The molecule has 2 heterocycles. The Hall–Kier alpha value is -1.32. The Labute approximate surface area is 100 Å². The molecule has 1 aliphatic heterocycles. The van der Waals surface area contributed by atoms with E-state index in [0.29, 0.717) is 0 Å². The van der Waals surface area contributed by atoms with Gasteiger partial charge in [0.1, 0.15) is 0 Å². The van der Waals surface area contributed by atoms with Gasteiger partial charge in [-0.2, -0.15) is 0 Å². The highest BCUT2D eigenvalue weighted by molar-refractivity contribution is 5.81. The maximum Gasteiger partial charge on any atom is 0.0482 e. The molecule has 3 nitrogen and oxygen atoms in total. The van der Waals surface area contributed by atoms with E-state index < -0.39 is 0 Å². The number of aliphatic hydroxyl groups is 2. The van der Waals surface area contributed by atoms with Gasteiger partial charge in [0.15, 0.2) is 0 Å². The summed E-state index contributed by atoms with van der Waals surface area (Å²) in [5.41, 5.74) is 2.51. The van der Waals surface area contributed by atoms with Gasteiger partial charge < -0.3 is 14.8 Å². The molecule has 0 saturated carbocycles. The van der Waals surface area contributed by atoms with Crippen LogP contribution in [0.5, 0.6) is 0 Å². The third-order valence-corrected chi connectivity index (χ3v) is 3.92. The number of rotatable bonds is 2. The van der Waals surface area contributed by atoms with Crippen molar-refractivity contribution in [1.29, 1.82) is 0 Å². The van der Waals surface area contributed by atoms with Gasteiger partial charge >= 0.3 is 0 Å².